The molecule has 2 aliphatic heterocycles. The maximum atomic E-state index is 14.2. The van der Waals surface area contributed by atoms with Crippen LogP contribution in [-0.2, 0) is 0 Å². The number of amidine groups is 1. The Balaban J connectivity index is 1.30. The molecule has 2 amide bonds. The molecule has 3 N–H and O–H groups in total. The number of allylic oxidation sites excluding steroid dienone is 3. The lowest BCUT2D eigenvalue weighted by Gasteiger charge is -2.26. The molecule has 0 saturated carbocycles. The van der Waals surface area contributed by atoms with Crippen molar-refractivity contribution >= 4 is 39.9 Å². The highest BCUT2D eigenvalue weighted by Crippen LogP contribution is 2.41. The molecule has 1 aliphatic carbocycles. The maximum Gasteiger partial charge on any atom is 0.321 e. The molecule has 3 aromatic heterocycles. The standard InChI is InChI=1S/C28H30FN9O/c1-14-5-6-17(29)8-19(14)21-11-31-13-22-24(21)35-27(34-22)25-23-15(2)20(12-32-26(23)37-36-25)16-7-18(10-30-9-16)33-28(39)38(3)4/h6-7,9-15,19,23H,5,8H2,1-4H3,(H,32,37)(H,33,39)(H,34,35). The van der Waals surface area contributed by atoms with Crippen molar-refractivity contribution in [3.05, 3.63) is 65.9 Å². The number of nitrogens with zero attached hydrogens (tertiary/aromatic N) is 6. The minimum Gasteiger partial charge on any atom is -0.336 e. The highest BCUT2D eigenvalue weighted by atomic mass is 19.1. The number of rotatable bonds is 4. The fraction of sp³-hybridized carbons (Fsp3) is 0.357. The van der Waals surface area contributed by atoms with Gasteiger partial charge in [0.15, 0.2) is 5.82 Å². The fourth-order valence-corrected chi connectivity index (χ4v) is 5.58. The number of imidazole rings is 1. The lowest BCUT2D eigenvalue weighted by Crippen LogP contribution is -2.33. The number of fused-ring (bicyclic) bond motifs is 2. The predicted octanol–water partition coefficient (Wildman–Crippen LogP) is 4.83. The van der Waals surface area contributed by atoms with Gasteiger partial charge in [-0.3, -0.25) is 15.4 Å². The van der Waals surface area contributed by atoms with Crippen molar-refractivity contribution < 1.29 is 9.18 Å². The fourth-order valence-electron chi connectivity index (χ4n) is 5.58. The number of aromatic nitrogens is 4. The van der Waals surface area contributed by atoms with Crippen LogP contribution in [0.1, 0.15) is 49.6 Å². The van der Waals surface area contributed by atoms with E-state index in [2.05, 4.69) is 49.6 Å². The first kappa shape index (κ1) is 24.9. The van der Waals surface area contributed by atoms with Gasteiger partial charge in [-0.05, 0) is 41.4 Å². The number of H-pyrrole nitrogens is 1. The first-order chi connectivity index (χ1) is 18.8. The first-order valence-electron chi connectivity index (χ1n) is 13.0. The van der Waals surface area contributed by atoms with Crippen LogP contribution < -0.4 is 10.7 Å². The summed E-state index contributed by atoms with van der Waals surface area (Å²) in [5.41, 5.74) is 8.82. The summed E-state index contributed by atoms with van der Waals surface area (Å²) in [6, 6.07) is 1.67. The summed E-state index contributed by atoms with van der Waals surface area (Å²) >= 11 is 0. The molecule has 39 heavy (non-hydrogen) atoms. The van der Waals surface area contributed by atoms with E-state index in [1.807, 2.05) is 18.5 Å². The second-order valence-electron chi connectivity index (χ2n) is 10.6. The summed E-state index contributed by atoms with van der Waals surface area (Å²) < 4.78 is 14.2. The Bertz CT molecular complexity index is 1580. The summed E-state index contributed by atoms with van der Waals surface area (Å²) in [6.07, 6.45) is 11.5. The number of carbonyl (C=O) groups excluding carboxylic acids is 1. The van der Waals surface area contributed by atoms with E-state index >= 15 is 0 Å². The van der Waals surface area contributed by atoms with Crippen molar-refractivity contribution in [2.45, 2.75) is 32.6 Å². The molecule has 6 rings (SSSR count). The molecule has 0 saturated heterocycles. The van der Waals surface area contributed by atoms with Gasteiger partial charge in [-0.1, -0.05) is 19.9 Å². The number of halogens is 1. The summed E-state index contributed by atoms with van der Waals surface area (Å²) in [5, 5.41) is 7.46. The molecule has 4 unspecified atom stereocenters. The second kappa shape index (κ2) is 9.72. The lowest BCUT2D eigenvalue weighted by molar-refractivity contribution is 0.230. The molecule has 0 bridgehead atoms. The summed E-state index contributed by atoms with van der Waals surface area (Å²) in [6.45, 7) is 4.26. The van der Waals surface area contributed by atoms with Gasteiger partial charge in [0.05, 0.1) is 40.9 Å². The van der Waals surface area contributed by atoms with Gasteiger partial charge in [-0.2, -0.15) is 5.10 Å². The van der Waals surface area contributed by atoms with E-state index in [1.165, 1.54) is 4.90 Å². The number of aliphatic imine (C=N–C) groups is 1. The Morgan fingerprint density at radius 2 is 1.97 bits per heavy atom. The molecule has 11 heteroatoms. The number of pyridine rings is 2. The number of urea groups is 1. The van der Waals surface area contributed by atoms with Gasteiger partial charge in [0.1, 0.15) is 11.5 Å². The van der Waals surface area contributed by atoms with Crippen molar-refractivity contribution in [2.24, 2.45) is 27.8 Å². The third-order valence-corrected chi connectivity index (χ3v) is 7.82. The quantitative estimate of drug-likeness (QED) is 0.449. The number of nitrogens with one attached hydrogen (secondary N) is 3. The highest BCUT2D eigenvalue weighted by Gasteiger charge is 2.39. The molecular weight excluding hydrogens is 497 g/mol. The van der Waals surface area contributed by atoms with E-state index in [-0.39, 0.29) is 29.6 Å². The maximum absolute atomic E-state index is 14.2. The lowest BCUT2D eigenvalue weighted by atomic mass is 9.79. The van der Waals surface area contributed by atoms with Crippen molar-refractivity contribution in [1.29, 1.82) is 0 Å². The molecule has 0 fully saturated rings. The number of hydrogen-bond donors (Lipinski definition) is 3. The van der Waals surface area contributed by atoms with Gasteiger partial charge in [-0.15, -0.1) is 0 Å². The van der Waals surface area contributed by atoms with E-state index in [0.717, 1.165) is 39.3 Å². The zero-order chi connectivity index (χ0) is 27.3. The topological polar surface area (TPSA) is 124 Å². The molecule has 4 atom stereocenters. The molecule has 5 heterocycles. The zero-order valence-electron chi connectivity index (χ0n) is 22.2. The molecule has 3 aliphatic rings. The molecule has 0 aromatic carbocycles. The first-order valence-corrected chi connectivity index (χ1v) is 13.0. The van der Waals surface area contributed by atoms with Crippen LogP contribution in [0.15, 0.2) is 59.1 Å². The molecule has 0 spiro atoms. The minimum absolute atomic E-state index is 0.00347. The van der Waals surface area contributed by atoms with Gasteiger partial charge >= 0.3 is 6.03 Å². The molecule has 10 nitrogen and oxygen atoms in total. The average molecular weight is 528 g/mol. The normalized spacial score (nSPS) is 24.2. The van der Waals surface area contributed by atoms with Crippen LogP contribution >= 0.6 is 0 Å². The van der Waals surface area contributed by atoms with Gasteiger partial charge in [0, 0.05) is 44.7 Å². The molecule has 200 valence electrons. The summed E-state index contributed by atoms with van der Waals surface area (Å²) in [5.74, 6) is 1.45. The Morgan fingerprint density at radius 3 is 2.79 bits per heavy atom. The van der Waals surface area contributed by atoms with Gasteiger partial charge in [0.25, 0.3) is 0 Å². The number of hydrazone groups is 1. The van der Waals surface area contributed by atoms with Crippen LogP contribution in [0.25, 0.3) is 16.6 Å². The number of aromatic amines is 1. The van der Waals surface area contributed by atoms with Crippen LogP contribution in [0.3, 0.4) is 0 Å². The Labute approximate surface area is 225 Å². The smallest absolute Gasteiger partial charge is 0.321 e. The van der Waals surface area contributed by atoms with Gasteiger partial charge < -0.3 is 15.2 Å². The molecular formula is C28H30FN9O. The van der Waals surface area contributed by atoms with Crippen LogP contribution in [0, 0.1) is 17.8 Å². The van der Waals surface area contributed by atoms with E-state index in [0.29, 0.717) is 30.3 Å². The Morgan fingerprint density at radius 1 is 1.15 bits per heavy atom. The number of hydrogen-bond acceptors (Lipinski definition) is 7. The van der Waals surface area contributed by atoms with E-state index in [4.69, 9.17) is 4.98 Å². The summed E-state index contributed by atoms with van der Waals surface area (Å²) in [4.78, 5) is 35.4. The largest absolute Gasteiger partial charge is 0.336 e. The van der Waals surface area contributed by atoms with Crippen molar-refractivity contribution in [3.8, 4) is 0 Å². The third kappa shape index (κ3) is 4.47. The van der Waals surface area contributed by atoms with E-state index in [9.17, 15) is 9.18 Å². The minimum atomic E-state index is -0.227. The van der Waals surface area contributed by atoms with Crippen LogP contribution in [-0.4, -0.2) is 56.5 Å². The SMILES string of the molecule is CC1CC=C(F)CC1c1cncc2[nH]c(C3=NNC4=NC=C(c5cncc(NC(=O)N(C)C)c5)C(C)C43)nc12. The average Bonchev–Trinajstić information content (AvgIpc) is 3.55. The Hall–Kier alpha value is -4.41. The summed E-state index contributed by atoms with van der Waals surface area (Å²) in [7, 11) is 3.37. The number of amides is 2. The monoisotopic (exact) mass is 527 g/mol. The predicted molar refractivity (Wildman–Crippen MR) is 149 cm³/mol. The van der Waals surface area contributed by atoms with Crippen LogP contribution in [0.2, 0.25) is 0 Å². The van der Waals surface area contributed by atoms with Gasteiger partial charge in [-0.25, -0.2) is 19.2 Å². The third-order valence-electron chi connectivity index (χ3n) is 7.82. The Kier molecular flexibility index (Phi) is 6.20. The van der Waals surface area contributed by atoms with Crippen molar-refractivity contribution in [3.63, 3.8) is 0 Å². The van der Waals surface area contributed by atoms with E-state index < -0.39 is 0 Å². The second-order valence-corrected chi connectivity index (χ2v) is 10.6. The van der Waals surface area contributed by atoms with Crippen LogP contribution in [0.4, 0.5) is 14.9 Å². The van der Waals surface area contributed by atoms with Gasteiger partial charge in [0.2, 0.25) is 0 Å². The molecule has 3 aromatic rings. The van der Waals surface area contributed by atoms with Crippen LogP contribution in [0.5, 0.6) is 0 Å². The highest BCUT2D eigenvalue weighted by molar-refractivity contribution is 6.18. The van der Waals surface area contributed by atoms with Crippen molar-refractivity contribution in [2.75, 3.05) is 19.4 Å². The van der Waals surface area contributed by atoms with Crippen molar-refractivity contribution in [1.82, 2.24) is 30.3 Å². The molecule has 0 radical (unpaired) electrons. The van der Waals surface area contributed by atoms with E-state index in [1.54, 1.807) is 38.8 Å². The number of carbonyl (C=O) groups is 1. The zero-order valence-corrected chi connectivity index (χ0v) is 22.2. The number of anilines is 1.